The second-order valence-electron chi connectivity index (χ2n) is 7.54. The van der Waals surface area contributed by atoms with Crippen molar-refractivity contribution in [2.45, 2.75) is 25.4 Å². The Bertz CT molecular complexity index is 858. The van der Waals surface area contributed by atoms with E-state index in [1.54, 1.807) is 11.9 Å². The zero-order chi connectivity index (χ0) is 21.3. The fourth-order valence-electron chi connectivity index (χ4n) is 3.60. The van der Waals surface area contributed by atoms with Crippen LogP contribution in [0.4, 0.5) is 5.69 Å². The van der Waals surface area contributed by atoms with Crippen LogP contribution in [0.2, 0.25) is 5.02 Å². The molecule has 2 aromatic carbocycles. The second kappa shape index (κ2) is 10.9. The maximum Gasteiger partial charge on any atom is 0.224 e. The Morgan fingerprint density at radius 2 is 2.03 bits per heavy atom. The molecule has 1 fully saturated rings. The lowest BCUT2D eigenvalue weighted by Crippen LogP contribution is -2.45. The van der Waals surface area contributed by atoms with Crippen LogP contribution < -0.4 is 15.5 Å². The van der Waals surface area contributed by atoms with E-state index in [0.717, 1.165) is 41.7 Å². The molecule has 1 aliphatic rings. The first-order valence-electron chi connectivity index (χ1n) is 10.3. The predicted octanol–water partition coefficient (Wildman–Crippen LogP) is 3.13. The third kappa shape index (κ3) is 6.39. The van der Waals surface area contributed by atoms with Gasteiger partial charge in [0.25, 0.3) is 0 Å². The van der Waals surface area contributed by atoms with Crippen molar-refractivity contribution in [1.82, 2.24) is 15.5 Å². The van der Waals surface area contributed by atoms with Gasteiger partial charge in [0.1, 0.15) is 0 Å². The van der Waals surface area contributed by atoms with Crippen LogP contribution in [-0.4, -0.2) is 56.5 Å². The van der Waals surface area contributed by atoms with Crippen LogP contribution in [0.5, 0.6) is 0 Å². The number of guanidine groups is 1. The molecule has 1 saturated heterocycles. The molecular formula is C23H30ClN5O. The molecule has 160 valence electrons. The Labute approximate surface area is 183 Å². The van der Waals surface area contributed by atoms with Gasteiger partial charge in [0.05, 0.1) is 0 Å². The Hall–Kier alpha value is -2.73. The molecule has 0 saturated carbocycles. The first-order chi connectivity index (χ1) is 14.5. The number of amides is 1. The summed E-state index contributed by atoms with van der Waals surface area (Å²) < 4.78 is 0. The highest BCUT2D eigenvalue weighted by Crippen LogP contribution is 2.23. The number of benzene rings is 2. The fourth-order valence-corrected chi connectivity index (χ4v) is 3.78. The molecule has 0 aliphatic carbocycles. The van der Waals surface area contributed by atoms with Crippen LogP contribution in [0.3, 0.4) is 0 Å². The summed E-state index contributed by atoms with van der Waals surface area (Å²) in [5.41, 5.74) is 2.27. The lowest BCUT2D eigenvalue weighted by Gasteiger charge is -2.21. The van der Waals surface area contributed by atoms with Gasteiger partial charge in [-0.3, -0.25) is 9.79 Å². The predicted molar refractivity (Wildman–Crippen MR) is 124 cm³/mol. The molecule has 2 aromatic rings. The maximum atomic E-state index is 12.4. The standard InChI is InChI=1S/C23H30ClN5O/c1-25-23(26-13-11-22(30)28(2)16-18-7-4-3-5-8-18)27-20-12-14-29(17-20)21-10-6-9-19(24)15-21/h3-10,15,20H,11-14,16-17H2,1-2H3,(H2,25,26,27). The highest BCUT2D eigenvalue weighted by Gasteiger charge is 2.23. The van der Waals surface area contributed by atoms with Gasteiger partial charge in [-0.25, -0.2) is 0 Å². The number of rotatable bonds is 7. The van der Waals surface area contributed by atoms with Crippen molar-refractivity contribution in [1.29, 1.82) is 0 Å². The number of hydrogen-bond acceptors (Lipinski definition) is 3. The summed E-state index contributed by atoms with van der Waals surface area (Å²) in [5, 5.41) is 7.48. The Morgan fingerprint density at radius 1 is 1.23 bits per heavy atom. The molecule has 0 spiro atoms. The molecule has 1 unspecified atom stereocenters. The smallest absolute Gasteiger partial charge is 0.224 e. The van der Waals surface area contributed by atoms with Crippen LogP contribution in [0, 0.1) is 0 Å². The molecule has 1 atom stereocenters. The number of carbonyl (C=O) groups excluding carboxylic acids is 1. The summed E-state index contributed by atoms with van der Waals surface area (Å²) >= 11 is 6.11. The van der Waals surface area contributed by atoms with Crippen molar-refractivity contribution in [3.05, 3.63) is 65.2 Å². The number of nitrogens with zero attached hydrogens (tertiary/aromatic N) is 3. The molecule has 0 radical (unpaired) electrons. The first kappa shape index (κ1) is 22.0. The van der Waals surface area contributed by atoms with E-state index >= 15 is 0 Å². The van der Waals surface area contributed by atoms with E-state index in [9.17, 15) is 4.79 Å². The summed E-state index contributed by atoms with van der Waals surface area (Å²) in [6.45, 7) is 3.02. The summed E-state index contributed by atoms with van der Waals surface area (Å²) in [6, 6.07) is 18.3. The van der Waals surface area contributed by atoms with Crippen LogP contribution in [0.1, 0.15) is 18.4 Å². The van der Waals surface area contributed by atoms with E-state index in [2.05, 4.69) is 26.6 Å². The largest absolute Gasteiger partial charge is 0.369 e. The van der Waals surface area contributed by atoms with E-state index < -0.39 is 0 Å². The topological polar surface area (TPSA) is 60.0 Å². The minimum atomic E-state index is 0.106. The average Bonchev–Trinajstić information content (AvgIpc) is 3.22. The lowest BCUT2D eigenvalue weighted by atomic mass is 10.2. The Morgan fingerprint density at radius 3 is 2.77 bits per heavy atom. The number of hydrogen-bond donors (Lipinski definition) is 2. The molecule has 7 heteroatoms. The molecule has 30 heavy (non-hydrogen) atoms. The molecule has 6 nitrogen and oxygen atoms in total. The molecule has 3 rings (SSSR count). The van der Waals surface area contributed by atoms with Gasteiger partial charge in [0, 0.05) is 63.4 Å². The SMILES string of the molecule is CN=C(NCCC(=O)N(C)Cc1ccccc1)NC1CCN(c2cccc(Cl)c2)C1. The number of halogens is 1. The molecule has 1 amide bonds. The number of nitrogens with one attached hydrogen (secondary N) is 2. The second-order valence-corrected chi connectivity index (χ2v) is 7.98. The van der Waals surface area contributed by atoms with E-state index in [4.69, 9.17) is 11.6 Å². The molecule has 1 heterocycles. The first-order valence-corrected chi connectivity index (χ1v) is 10.7. The Balaban J connectivity index is 1.40. The van der Waals surface area contributed by atoms with Crippen LogP contribution in [-0.2, 0) is 11.3 Å². The van der Waals surface area contributed by atoms with Crippen molar-refractivity contribution in [3.63, 3.8) is 0 Å². The fraction of sp³-hybridized carbons (Fsp3) is 0.391. The molecule has 0 aromatic heterocycles. The van der Waals surface area contributed by atoms with Gasteiger partial charge in [0.2, 0.25) is 5.91 Å². The molecule has 0 bridgehead atoms. The molecular weight excluding hydrogens is 398 g/mol. The monoisotopic (exact) mass is 427 g/mol. The quantitative estimate of drug-likeness (QED) is 0.526. The number of carbonyl (C=O) groups is 1. The van der Waals surface area contributed by atoms with Crippen molar-refractivity contribution in [2.75, 3.05) is 38.6 Å². The zero-order valence-electron chi connectivity index (χ0n) is 17.6. The summed E-state index contributed by atoms with van der Waals surface area (Å²) in [7, 11) is 3.59. The zero-order valence-corrected chi connectivity index (χ0v) is 18.4. The molecule has 1 aliphatic heterocycles. The minimum absolute atomic E-state index is 0.106. The van der Waals surface area contributed by atoms with Crippen molar-refractivity contribution in [3.8, 4) is 0 Å². The van der Waals surface area contributed by atoms with Gasteiger partial charge in [-0.2, -0.15) is 0 Å². The van der Waals surface area contributed by atoms with Crippen molar-refractivity contribution >= 4 is 29.2 Å². The molecule has 2 N–H and O–H groups in total. The maximum absolute atomic E-state index is 12.4. The van der Waals surface area contributed by atoms with Gasteiger partial charge in [-0.1, -0.05) is 48.0 Å². The van der Waals surface area contributed by atoms with Crippen molar-refractivity contribution < 1.29 is 4.79 Å². The Kier molecular flexibility index (Phi) is 7.97. The minimum Gasteiger partial charge on any atom is -0.369 e. The average molecular weight is 428 g/mol. The normalized spacial score (nSPS) is 16.4. The van der Waals surface area contributed by atoms with Gasteiger partial charge < -0.3 is 20.4 Å². The lowest BCUT2D eigenvalue weighted by molar-refractivity contribution is -0.130. The number of anilines is 1. The van der Waals surface area contributed by atoms with Crippen LogP contribution in [0.25, 0.3) is 0 Å². The number of aliphatic imine (C=N–C) groups is 1. The highest BCUT2D eigenvalue weighted by atomic mass is 35.5. The van der Waals surface area contributed by atoms with Gasteiger partial charge >= 0.3 is 0 Å². The van der Waals surface area contributed by atoms with E-state index in [0.29, 0.717) is 25.6 Å². The van der Waals surface area contributed by atoms with Crippen LogP contribution in [0.15, 0.2) is 59.6 Å². The highest BCUT2D eigenvalue weighted by molar-refractivity contribution is 6.30. The van der Waals surface area contributed by atoms with Gasteiger partial charge in [0.15, 0.2) is 5.96 Å². The van der Waals surface area contributed by atoms with E-state index in [1.165, 1.54) is 0 Å². The van der Waals surface area contributed by atoms with Crippen molar-refractivity contribution in [2.24, 2.45) is 4.99 Å². The van der Waals surface area contributed by atoms with E-state index in [-0.39, 0.29) is 5.91 Å². The summed E-state index contributed by atoms with van der Waals surface area (Å²) in [4.78, 5) is 20.8. The summed E-state index contributed by atoms with van der Waals surface area (Å²) in [6.07, 6.45) is 1.44. The summed E-state index contributed by atoms with van der Waals surface area (Å²) in [5.74, 6) is 0.835. The van der Waals surface area contributed by atoms with Gasteiger partial charge in [-0.05, 0) is 30.2 Å². The third-order valence-corrected chi connectivity index (χ3v) is 5.48. The van der Waals surface area contributed by atoms with E-state index in [1.807, 2.05) is 55.6 Å². The van der Waals surface area contributed by atoms with Crippen LogP contribution >= 0.6 is 11.6 Å². The van der Waals surface area contributed by atoms with Gasteiger partial charge in [-0.15, -0.1) is 0 Å². The third-order valence-electron chi connectivity index (χ3n) is 5.25.